The van der Waals surface area contributed by atoms with Crippen LogP contribution in [0.2, 0.25) is 5.02 Å². The molecular weight excluding hydrogens is 326 g/mol. The number of rotatable bonds is 4. The van der Waals surface area contributed by atoms with E-state index in [1.54, 1.807) is 12.4 Å². The third kappa shape index (κ3) is 2.72. The van der Waals surface area contributed by atoms with Crippen molar-refractivity contribution in [2.45, 2.75) is 38.3 Å². The summed E-state index contributed by atoms with van der Waals surface area (Å²) >= 11 is 6.22. The van der Waals surface area contributed by atoms with Gasteiger partial charge in [-0.2, -0.15) is 0 Å². The Balaban J connectivity index is 1.49. The van der Waals surface area contributed by atoms with Crippen LogP contribution in [-0.2, 0) is 11.3 Å². The molecule has 1 aliphatic carbocycles. The van der Waals surface area contributed by atoms with Crippen LogP contribution in [-0.4, -0.2) is 58.1 Å². The van der Waals surface area contributed by atoms with Crippen LogP contribution in [0.5, 0.6) is 0 Å². The SMILES string of the molecule is O=C(O)[C@@]12CN(Cc3ccncc3Cl)CC1CN(C1CCCC1)C2. The van der Waals surface area contributed by atoms with E-state index in [4.69, 9.17) is 11.6 Å². The molecule has 1 saturated carbocycles. The number of likely N-dealkylation sites (tertiary alicyclic amines) is 2. The number of hydrogen-bond acceptors (Lipinski definition) is 4. The van der Waals surface area contributed by atoms with Crippen molar-refractivity contribution in [1.82, 2.24) is 14.8 Å². The van der Waals surface area contributed by atoms with Crippen molar-refractivity contribution in [1.29, 1.82) is 0 Å². The van der Waals surface area contributed by atoms with Gasteiger partial charge >= 0.3 is 5.97 Å². The minimum absolute atomic E-state index is 0.219. The van der Waals surface area contributed by atoms with Crippen molar-refractivity contribution >= 4 is 17.6 Å². The van der Waals surface area contributed by atoms with E-state index in [1.165, 1.54) is 25.7 Å². The van der Waals surface area contributed by atoms with Gasteiger partial charge in [0.1, 0.15) is 0 Å². The Morgan fingerprint density at radius 3 is 2.79 bits per heavy atom. The Morgan fingerprint density at radius 1 is 1.33 bits per heavy atom. The lowest BCUT2D eigenvalue weighted by atomic mass is 9.81. The molecule has 130 valence electrons. The van der Waals surface area contributed by atoms with E-state index in [-0.39, 0.29) is 5.92 Å². The molecule has 1 N–H and O–H groups in total. The van der Waals surface area contributed by atoms with Crippen LogP contribution in [0.15, 0.2) is 18.5 Å². The second kappa shape index (κ2) is 6.28. The number of hydrogen-bond donors (Lipinski definition) is 1. The summed E-state index contributed by atoms with van der Waals surface area (Å²) < 4.78 is 0. The van der Waals surface area contributed by atoms with Gasteiger partial charge in [-0.1, -0.05) is 24.4 Å². The van der Waals surface area contributed by atoms with Crippen molar-refractivity contribution in [2.24, 2.45) is 11.3 Å². The monoisotopic (exact) mass is 349 g/mol. The molecule has 3 fully saturated rings. The average Bonchev–Trinajstić information content (AvgIpc) is 3.23. The summed E-state index contributed by atoms with van der Waals surface area (Å²) in [6, 6.07) is 2.53. The van der Waals surface area contributed by atoms with Gasteiger partial charge < -0.3 is 5.11 Å². The third-order valence-corrected chi connectivity index (χ3v) is 6.56. The zero-order valence-corrected chi connectivity index (χ0v) is 14.6. The summed E-state index contributed by atoms with van der Waals surface area (Å²) in [5.74, 6) is -0.410. The highest BCUT2D eigenvalue weighted by Gasteiger charge is 2.58. The maximum absolute atomic E-state index is 12.1. The molecule has 2 atom stereocenters. The summed E-state index contributed by atoms with van der Waals surface area (Å²) in [6.07, 6.45) is 8.45. The predicted octanol–water partition coefficient (Wildman–Crippen LogP) is 2.50. The van der Waals surface area contributed by atoms with Crippen LogP contribution < -0.4 is 0 Å². The molecule has 6 heteroatoms. The van der Waals surface area contributed by atoms with Crippen molar-refractivity contribution in [2.75, 3.05) is 26.2 Å². The highest BCUT2D eigenvalue weighted by atomic mass is 35.5. The molecule has 2 aliphatic heterocycles. The Hall–Kier alpha value is -1.17. The molecule has 2 saturated heterocycles. The fourth-order valence-electron chi connectivity index (χ4n) is 4.95. The van der Waals surface area contributed by atoms with Gasteiger partial charge in [-0.15, -0.1) is 0 Å². The maximum atomic E-state index is 12.1. The van der Waals surface area contributed by atoms with E-state index in [1.807, 2.05) is 6.07 Å². The van der Waals surface area contributed by atoms with Gasteiger partial charge in [0.2, 0.25) is 0 Å². The second-order valence-electron chi connectivity index (χ2n) is 7.66. The summed E-state index contributed by atoms with van der Waals surface area (Å²) in [6.45, 7) is 3.80. The highest BCUT2D eigenvalue weighted by Crippen LogP contribution is 2.45. The first kappa shape index (κ1) is 16.3. The molecule has 3 heterocycles. The van der Waals surface area contributed by atoms with Crippen LogP contribution in [0.3, 0.4) is 0 Å². The number of nitrogens with zero attached hydrogens (tertiary/aromatic N) is 3. The van der Waals surface area contributed by atoms with Gasteiger partial charge in [0.05, 0.1) is 10.4 Å². The smallest absolute Gasteiger partial charge is 0.312 e. The Morgan fingerprint density at radius 2 is 2.12 bits per heavy atom. The molecule has 0 aromatic carbocycles. The topological polar surface area (TPSA) is 56.7 Å². The summed E-state index contributed by atoms with van der Waals surface area (Å²) in [4.78, 5) is 20.9. The number of carbonyl (C=O) groups is 1. The van der Waals surface area contributed by atoms with Gasteiger partial charge in [-0.25, -0.2) is 0 Å². The van der Waals surface area contributed by atoms with E-state index in [9.17, 15) is 9.90 Å². The lowest BCUT2D eigenvalue weighted by Gasteiger charge is -2.28. The first-order chi connectivity index (χ1) is 11.6. The Labute approximate surface area is 147 Å². The fourth-order valence-corrected chi connectivity index (χ4v) is 5.13. The Kier molecular flexibility index (Phi) is 4.27. The zero-order chi connectivity index (χ0) is 16.7. The summed E-state index contributed by atoms with van der Waals surface area (Å²) in [5.41, 5.74) is 0.419. The van der Waals surface area contributed by atoms with Crippen molar-refractivity contribution < 1.29 is 9.90 Å². The van der Waals surface area contributed by atoms with E-state index in [0.717, 1.165) is 18.7 Å². The lowest BCUT2D eigenvalue weighted by molar-refractivity contribution is -0.149. The summed E-state index contributed by atoms with van der Waals surface area (Å²) in [7, 11) is 0. The number of aromatic nitrogens is 1. The van der Waals surface area contributed by atoms with Crippen LogP contribution in [0, 0.1) is 11.3 Å². The fraction of sp³-hybridized carbons (Fsp3) is 0.667. The normalized spacial score (nSPS) is 31.6. The van der Waals surface area contributed by atoms with E-state index < -0.39 is 11.4 Å². The molecular formula is C18H24ClN3O2. The molecule has 0 bridgehead atoms. The molecule has 1 aromatic rings. The van der Waals surface area contributed by atoms with Gasteiger partial charge in [0, 0.05) is 57.1 Å². The molecule has 4 rings (SSSR count). The summed E-state index contributed by atoms with van der Waals surface area (Å²) in [5, 5.41) is 10.6. The number of carboxylic acid groups (broad SMARTS) is 1. The average molecular weight is 350 g/mol. The van der Waals surface area contributed by atoms with Crippen LogP contribution >= 0.6 is 11.6 Å². The molecule has 3 aliphatic rings. The quantitative estimate of drug-likeness (QED) is 0.905. The molecule has 0 radical (unpaired) electrons. The van der Waals surface area contributed by atoms with Crippen LogP contribution in [0.25, 0.3) is 0 Å². The van der Waals surface area contributed by atoms with Gasteiger partial charge in [0.25, 0.3) is 0 Å². The standard InChI is InChI=1S/C18H24ClN3O2/c19-16-7-20-6-5-13(16)8-21-9-14-10-22(15-3-1-2-4-15)12-18(14,11-21)17(23)24/h5-7,14-15H,1-4,8-12H2,(H,23,24)/t14?,18-/m1/s1. The third-order valence-electron chi connectivity index (χ3n) is 6.22. The molecule has 1 aromatic heterocycles. The molecule has 5 nitrogen and oxygen atoms in total. The highest BCUT2D eigenvalue weighted by molar-refractivity contribution is 6.31. The van der Waals surface area contributed by atoms with E-state index in [2.05, 4.69) is 14.8 Å². The predicted molar refractivity (Wildman–Crippen MR) is 91.9 cm³/mol. The molecule has 24 heavy (non-hydrogen) atoms. The minimum atomic E-state index is -0.628. The minimum Gasteiger partial charge on any atom is -0.481 e. The molecule has 0 amide bonds. The number of carboxylic acids is 1. The second-order valence-corrected chi connectivity index (χ2v) is 8.07. The van der Waals surface area contributed by atoms with Gasteiger partial charge in [0.15, 0.2) is 0 Å². The van der Waals surface area contributed by atoms with E-state index >= 15 is 0 Å². The lowest BCUT2D eigenvalue weighted by Crippen LogP contribution is -2.42. The number of halogens is 1. The first-order valence-corrected chi connectivity index (χ1v) is 9.24. The number of fused-ring (bicyclic) bond motifs is 1. The van der Waals surface area contributed by atoms with Gasteiger partial charge in [-0.05, 0) is 24.5 Å². The van der Waals surface area contributed by atoms with Crippen LogP contribution in [0.1, 0.15) is 31.2 Å². The van der Waals surface area contributed by atoms with Crippen molar-refractivity contribution in [3.63, 3.8) is 0 Å². The van der Waals surface area contributed by atoms with Crippen molar-refractivity contribution in [3.05, 3.63) is 29.0 Å². The zero-order valence-electron chi connectivity index (χ0n) is 13.8. The molecule has 0 spiro atoms. The first-order valence-electron chi connectivity index (χ1n) is 8.87. The van der Waals surface area contributed by atoms with E-state index in [0.29, 0.717) is 30.7 Å². The Bertz CT molecular complexity index is 634. The van der Waals surface area contributed by atoms with Crippen LogP contribution in [0.4, 0.5) is 0 Å². The largest absolute Gasteiger partial charge is 0.481 e. The number of pyridine rings is 1. The van der Waals surface area contributed by atoms with Gasteiger partial charge in [-0.3, -0.25) is 19.6 Å². The van der Waals surface area contributed by atoms with Crippen molar-refractivity contribution in [3.8, 4) is 0 Å². The molecule has 1 unspecified atom stereocenters. The maximum Gasteiger partial charge on any atom is 0.312 e. The number of aliphatic carboxylic acids is 1.